The molecule has 2 rings (SSSR count). The van der Waals surface area contributed by atoms with Crippen LogP contribution >= 0.6 is 0 Å². The number of hydrogen-bond donors (Lipinski definition) is 1. The minimum atomic E-state index is -0.438. The van der Waals surface area contributed by atoms with Gasteiger partial charge in [0, 0.05) is 5.41 Å². The third kappa shape index (κ3) is 2.53. The summed E-state index contributed by atoms with van der Waals surface area (Å²) < 4.78 is 13.0. The van der Waals surface area contributed by atoms with Crippen molar-refractivity contribution in [1.29, 1.82) is 0 Å². The van der Waals surface area contributed by atoms with Crippen LogP contribution in [0, 0.1) is 11.7 Å². The zero-order valence-corrected chi connectivity index (χ0v) is 11.7. The number of carbonyl (C=O) groups excluding carboxylic acids is 1. The Hall–Kier alpha value is -1.71. The predicted molar refractivity (Wildman–Crippen MR) is 73.6 cm³/mol. The van der Waals surface area contributed by atoms with Crippen LogP contribution in [0.4, 0.5) is 4.39 Å². The number of nitrogens with zero attached hydrogens (tertiary/aromatic N) is 1. The van der Waals surface area contributed by atoms with E-state index >= 15 is 0 Å². The van der Waals surface area contributed by atoms with Gasteiger partial charge in [-0.15, -0.1) is 0 Å². The summed E-state index contributed by atoms with van der Waals surface area (Å²) in [5.41, 5.74) is 0.491. The highest BCUT2D eigenvalue weighted by molar-refractivity contribution is 6.10. The van der Waals surface area contributed by atoms with E-state index in [1.165, 1.54) is 12.1 Å². The van der Waals surface area contributed by atoms with E-state index in [-0.39, 0.29) is 23.7 Å². The highest BCUT2D eigenvalue weighted by Crippen LogP contribution is 2.27. The van der Waals surface area contributed by atoms with Gasteiger partial charge in [-0.05, 0) is 37.5 Å². The van der Waals surface area contributed by atoms with Gasteiger partial charge >= 0.3 is 0 Å². The Bertz CT molecular complexity index is 517. The second-order valence-corrected chi connectivity index (χ2v) is 5.79. The molecule has 0 aromatic heterocycles. The van der Waals surface area contributed by atoms with Crippen LogP contribution < -0.4 is 5.32 Å². The van der Waals surface area contributed by atoms with E-state index < -0.39 is 5.41 Å². The number of aliphatic imine (C=N–C) groups is 1. The van der Waals surface area contributed by atoms with E-state index in [2.05, 4.69) is 10.3 Å². The van der Waals surface area contributed by atoms with Crippen molar-refractivity contribution >= 4 is 11.7 Å². The SMILES string of the molecule is CC(C)C1N=C(C(C)(C)c2ccc(F)cc2)NC1=O. The number of benzene rings is 1. The molecule has 0 radical (unpaired) electrons. The van der Waals surface area contributed by atoms with Crippen LogP contribution in [0.5, 0.6) is 0 Å². The van der Waals surface area contributed by atoms with Crippen LogP contribution in [0.1, 0.15) is 33.3 Å². The molecule has 1 aliphatic rings. The summed E-state index contributed by atoms with van der Waals surface area (Å²) in [6.45, 7) is 7.90. The van der Waals surface area contributed by atoms with Crippen LogP contribution in [-0.2, 0) is 10.2 Å². The first-order valence-corrected chi connectivity index (χ1v) is 6.47. The van der Waals surface area contributed by atoms with Crippen molar-refractivity contribution < 1.29 is 9.18 Å². The quantitative estimate of drug-likeness (QED) is 0.894. The number of carbonyl (C=O) groups is 1. The van der Waals surface area contributed by atoms with Crippen molar-refractivity contribution in [2.75, 3.05) is 0 Å². The molecule has 0 saturated heterocycles. The molecule has 1 aromatic rings. The third-order valence-corrected chi connectivity index (χ3v) is 3.57. The number of amidine groups is 1. The van der Waals surface area contributed by atoms with Crippen LogP contribution in [0.3, 0.4) is 0 Å². The Kier molecular flexibility index (Phi) is 3.43. The zero-order valence-electron chi connectivity index (χ0n) is 11.7. The molecular formula is C15H19FN2O. The summed E-state index contributed by atoms with van der Waals surface area (Å²) in [4.78, 5) is 16.4. The third-order valence-electron chi connectivity index (χ3n) is 3.57. The van der Waals surface area contributed by atoms with Gasteiger partial charge in [-0.2, -0.15) is 0 Å². The molecule has 4 heteroatoms. The maximum Gasteiger partial charge on any atom is 0.250 e. The molecular weight excluding hydrogens is 243 g/mol. The average Bonchev–Trinajstić information content (AvgIpc) is 2.72. The first-order chi connectivity index (χ1) is 8.82. The summed E-state index contributed by atoms with van der Waals surface area (Å²) in [5, 5.41) is 2.86. The molecule has 1 aromatic carbocycles. The van der Waals surface area contributed by atoms with Crippen LogP contribution in [-0.4, -0.2) is 17.8 Å². The normalized spacial score (nSPS) is 19.6. The topological polar surface area (TPSA) is 41.5 Å². The lowest BCUT2D eigenvalue weighted by atomic mass is 9.83. The molecule has 19 heavy (non-hydrogen) atoms. The summed E-state index contributed by atoms with van der Waals surface area (Å²) in [7, 11) is 0. The van der Waals surface area contributed by atoms with E-state index in [1.54, 1.807) is 12.1 Å². The Balaban J connectivity index is 2.33. The number of amides is 1. The van der Waals surface area contributed by atoms with Crippen LogP contribution in [0.2, 0.25) is 0 Å². The van der Waals surface area contributed by atoms with Crippen molar-refractivity contribution in [3.8, 4) is 0 Å². The molecule has 1 N–H and O–H groups in total. The zero-order chi connectivity index (χ0) is 14.2. The van der Waals surface area contributed by atoms with Gasteiger partial charge in [0.1, 0.15) is 17.7 Å². The molecule has 1 atom stereocenters. The fourth-order valence-electron chi connectivity index (χ4n) is 2.19. The Labute approximate surface area is 112 Å². The van der Waals surface area contributed by atoms with Crippen molar-refractivity contribution in [2.45, 2.75) is 39.2 Å². The second kappa shape index (κ2) is 4.76. The number of nitrogens with one attached hydrogen (secondary N) is 1. The Morgan fingerprint density at radius 2 is 1.84 bits per heavy atom. The molecule has 0 bridgehead atoms. The van der Waals surface area contributed by atoms with Crippen molar-refractivity contribution in [1.82, 2.24) is 5.32 Å². The van der Waals surface area contributed by atoms with Gasteiger partial charge in [-0.1, -0.05) is 26.0 Å². The molecule has 0 fully saturated rings. The van der Waals surface area contributed by atoms with E-state index in [4.69, 9.17) is 0 Å². The number of rotatable bonds is 3. The number of hydrogen-bond acceptors (Lipinski definition) is 2. The smallest absolute Gasteiger partial charge is 0.250 e. The van der Waals surface area contributed by atoms with Gasteiger partial charge in [-0.25, -0.2) is 4.39 Å². The van der Waals surface area contributed by atoms with Gasteiger partial charge in [-0.3, -0.25) is 9.79 Å². The van der Waals surface area contributed by atoms with Gasteiger partial charge in [0.25, 0.3) is 0 Å². The molecule has 1 amide bonds. The van der Waals surface area contributed by atoms with E-state index in [0.717, 1.165) is 5.56 Å². The van der Waals surface area contributed by atoms with Crippen molar-refractivity contribution in [3.05, 3.63) is 35.6 Å². The minimum absolute atomic E-state index is 0.0554. The van der Waals surface area contributed by atoms with Crippen molar-refractivity contribution in [2.24, 2.45) is 10.9 Å². The van der Waals surface area contributed by atoms with E-state index in [9.17, 15) is 9.18 Å². The fraction of sp³-hybridized carbons (Fsp3) is 0.467. The monoisotopic (exact) mass is 262 g/mol. The summed E-state index contributed by atoms with van der Waals surface area (Å²) >= 11 is 0. The Morgan fingerprint density at radius 1 is 1.26 bits per heavy atom. The minimum Gasteiger partial charge on any atom is -0.312 e. The molecule has 0 saturated carbocycles. The maximum atomic E-state index is 13.0. The van der Waals surface area contributed by atoms with Crippen LogP contribution in [0.25, 0.3) is 0 Å². The van der Waals surface area contributed by atoms with Gasteiger partial charge in [0.15, 0.2) is 0 Å². The molecule has 102 valence electrons. The lowest BCUT2D eigenvalue weighted by molar-refractivity contribution is -0.120. The van der Waals surface area contributed by atoms with Gasteiger partial charge in [0.05, 0.1) is 0 Å². The summed E-state index contributed by atoms with van der Waals surface area (Å²) in [6, 6.07) is 5.98. The maximum absolute atomic E-state index is 13.0. The summed E-state index contributed by atoms with van der Waals surface area (Å²) in [6.07, 6.45) is 0. The standard InChI is InChI=1S/C15H19FN2O/c1-9(2)12-13(19)18-14(17-12)15(3,4)10-5-7-11(16)8-6-10/h5-9,12H,1-4H3,(H,17,18,19). The number of halogens is 1. The van der Waals surface area contributed by atoms with Gasteiger partial charge in [0.2, 0.25) is 5.91 Å². The summed E-state index contributed by atoms with van der Waals surface area (Å²) in [5.74, 6) is 0.501. The van der Waals surface area contributed by atoms with Gasteiger partial charge < -0.3 is 5.32 Å². The lowest BCUT2D eigenvalue weighted by Crippen LogP contribution is -2.40. The van der Waals surface area contributed by atoms with E-state index in [1.807, 2.05) is 27.7 Å². The van der Waals surface area contributed by atoms with E-state index in [0.29, 0.717) is 5.84 Å². The lowest BCUT2D eigenvalue weighted by Gasteiger charge is -2.25. The average molecular weight is 262 g/mol. The Morgan fingerprint density at radius 3 is 2.32 bits per heavy atom. The second-order valence-electron chi connectivity index (χ2n) is 5.79. The van der Waals surface area contributed by atoms with Crippen molar-refractivity contribution in [3.63, 3.8) is 0 Å². The highest BCUT2D eigenvalue weighted by Gasteiger charge is 2.37. The molecule has 0 aliphatic carbocycles. The molecule has 3 nitrogen and oxygen atoms in total. The fourth-order valence-corrected chi connectivity index (χ4v) is 2.19. The highest BCUT2D eigenvalue weighted by atomic mass is 19.1. The molecule has 1 unspecified atom stereocenters. The molecule has 1 heterocycles. The first-order valence-electron chi connectivity index (χ1n) is 6.47. The predicted octanol–water partition coefficient (Wildman–Crippen LogP) is 2.66. The first kappa shape index (κ1) is 13.7. The largest absolute Gasteiger partial charge is 0.312 e. The molecule has 0 spiro atoms. The molecule has 1 aliphatic heterocycles. The van der Waals surface area contributed by atoms with Crippen LogP contribution in [0.15, 0.2) is 29.3 Å².